The number of nitrogens with two attached hydrogens (primary N) is 1. The fourth-order valence-corrected chi connectivity index (χ4v) is 3.27. The third-order valence-corrected chi connectivity index (χ3v) is 4.48. The predicted octanol–water partition coefficient (Wildman–Crippen LogP) is 0.888. The Morgan fingerprint density at radius 2 is 2.05 bits per heavy atom. The molecule has 1 aliphatic rings. The molecule has 0 unspecified atom stereocenters. The molecule has 0 bridgehead atoms. The molecule has 1 aromatic carbocycles. The molecular formula is C13H16FN3O2S. The summed E-state index contributed by atoms with van der Waals surface area (Å²) in [4.78, 5) is 0. The molecule has 1 aromatic rings. The highest BCUT2D eigenvalue weighted by molar-refractivity contribution is 7.90. The molecule has 1 saturated heterocycles. The van der Waals surface area contributed by atoms with Crippen molar-refractivity contribution in [3.8, 4) is 11.8 Å². The molecule has 20 heavy (non-hydrogen) atoms. The smallest absolute Gasteiger partial charge is 0.301 e. The van der Waals surface area contributed by atoms with Crippen molar-refractivity contribution < 1.29 is 12.8 Å². The van der Waals surface area contributed by atoms with Crippen LogP contribution in [0.1, 0.15) is 18.4 Å². The van der Waals surface area contributed by atoms with Crippen molar-refractivity contribution in [3.63, 3.8) is 0 Å². The molecule has 1 heterocycles. The van der Waals surface area contributed by atoms with Crippen molar-refractivity contribution >= 4 is 15.9 Å². The third-order valence-electron chi connectivity index (χ3n) is 2.94. The Hall–Kier alpha value is -1.62. The lowest BCUT2D eigenvalue weighted by Gasteiger charge is -2.17. The average Bonchev–Trinajstić information content (AvgIpc) is 2.94. The lowest BCUT2D eigenvalue weighted by molar-refractivity contribution is 0.482. The van der Waals surface area contributed by atoms with E-state index in [-0.39, 0.29) is 12.1 Å². The van der Waals surface area contributed by atoms with Gasteiger partial charge in [-0.05, 0) is 31.0 Å². The van der Waals surface area contributed by atoms with Crippen LogP contribution in [0.3, 0.4) is 0 Å². The maximum absolute atomic E-state index is 13.5. The lowest BCUT2D eigenvalue weighted by atomic mass is 10.2. The topological polar surface area (TPSA) is 75.4 Å². The van der Waals surface area contributed by atoms with Crippen LogP contribution < -0.4 is 10.5 Å². The van der Waals surface area contributed by atoms with Gasteiger partial charge in [-0.3, -0.25) is 4.72 Å². The van der Waals surface area contributed by atoms with E-state index in [9.17, 15) is 12.8 Å². The summed E-state index contributed by atoms with van der Waals surface area (Å²) in [5.74, 6) is 4.61. The number of nitrogens with one attached hydrogen (secondary N) is 1. The summed E-state index contributed by atoms with van der Waals surface area (Å²) in [5, 5.41) is 0. The molecule has 0 spiro atoms. The molecule has 5 nitrogen and oxygen atoms in total. The Kier molecular flexibility index (Phi) is 4.60. The van der Waals surface area contributed by atoms with Crippen LogP contribution >= 0.6 is 0 Å². The largest absolute Gasteiger partial charge is 0.320 e. The van der Waals surface area contributed by atoms with E-state index in [4.69, 9.17) is 5.73 Å². The summed E-state index contributed by atoms with van der Waals surface area (Å²) in [5.41, 5.74) is 5.65. The maximum Gasteiger partial charge on any atom is 0.301 e. The van der Waals surface area contributed by atoms with Gasteiger partial charge in [0.1, 0.15) is 5.82 Å². The molecule has 0 aliphatic carbocycles. The Morgan fingerprint density at radius 1 is 1.35 bits per heavy atom. The molecule has 1 fully saturated rings. The number of nitrogens with zero attached hydrogens (tertiary/aromatic N) is 1. The van der Waals surface area contributed by atoms with Gasteiger partial charge in [0.05, 0.1) is 17.8 Å². The number of hydrogen-bond acceptors (Lipinski definition) is 3. The van der Waals surface area contributed by atoms with Gasteiger partial charge >= 0.3 is 10.2 Å². The zero-order valence-corrected chi connectivity index (χ0v) is 11.7. The number of benzene rings is 1. The monoisotopic (exact) mass is 297 g/mol. The molecule has 0 saturated carbocycles. The maximum atomic E-state index is 13.5. The summed E-state index contributed by atoms with van der Waals surface area (Å²) >= 11 is 0. The van der Waals surface area contributed by atoms with E-state index in [1.807, 2.05) is 0 Å². The Morgan fingerprint density at radius 3 is 2.70 bits per heavy atom. The van der Waals surface area contributed by atoms with E-state index < -0.39 is 16.0 Å². The van der Waals surface area contributed by atoms with E-state index in [0.717, 1.165) is 12.8 Å². The Labute approximate surface area is 118 Å². The molecule has 7 heteroatoms. The summed E-state index contributed by atoms with van der Waals surface area (Å²) in [6, 6.07) is 3.92. The third kappa shape index (κ3) is 3.48. The fourth-order valence-electron chi connectivity index (χ4n) is 1.97. The number of halogens is 1. The molecule has 3 N–H and O–H groups in total. The number of anilines is 1. The predicted molar refractivity (Wildman–Crippen MR) is 75.7 cm³/mol. The molecular weight excluding hydrogens is 281 g/mol. The summed E-state index contributed by atoms with van der Waals surface area (Å²) in [6.07, 6.45) is 1.72. The fraction of sp³-hybridized carbons (Fsp3) is 0.385. The van der Waals surface area contributed by atoms with E-state index >= 15 is 0 Å². The minimum absolute atomic E-state index is 0.114. The lowest BCUT2D eigenvalue weighted by Crippen LogP contribution is -2.33. The molecule has 0 aromatic heterocycles. The quantitative estimate of drug-likeness (QED) is 0.814. The molecule has 0 amide bonds. The van der Waals surface area contributed by atoms with Gasteiger partial charge < -0.3 is 5.73 Å². The first-order valence-corrected chi connectivity index (χ1v) is 7.73. The van der Waals surface area contributed by atoms with Crippen LogP contribution in [0.15, 0.2) is 18.2 Å². The number of hydrogen-bond donors (Lipinski definition) is 2. The van der Waals surface area contributed by atoms with Gasteiger partial charge in [-0.25, -0.2) is 4.39 Å². The van der Waals surface area contributed by atoms with Crippen molar-refractivity contribution in [2.45, 2.75) is 12.8 Å². The highest BCUT2D eigenvalue weighted by Crippen LogP contribution is 2.19. The van der Waals surface area contributed by atoms with Crippen molar-refractivity contribution in [2.24, 2.45) is 5.73 Å². The first-order valence-electron chi connectivity index (χ1n) is 6.29. The summed E-state index contributed by atoms with van der Waals surface area (Å²) in [6.45, 7) is 1.13. The van der Waals surface area contributed by atoms with Crippen LogP contribution in [-0.2, 0) is 10.2 Å². The summed E-state index contributed by atoms with van der Waals surface area (Å²) in [7, 11) is -3.58. The zero-order valence-electron chi connectivity index (χ0n) is 10.9. The first kappa shape index (κ1) is 14.8. The van der Waals surface area contributed by atoms with Gasteiger partial charge in [0.15, 0.2) is 0 Å². The van der Waals surface area contributed by atoms with Gasteiger partial charge in [0.25, 0.3) is 0 Å². The Bertz CT molecular complexity index is 643. The second-order valence-electron chi connectivity index (χ2n) is 4.41. The van der Waals surface area contributed by atoms with Crippen molar-refractivity contribution in [1.29, 1.82) is 0 Å². The normalized spacial score (nSPS) is 15.7. The van der Waals surface area contributed by atoms with E-state index in [0.29, 0.717) is 18.8 Å². The standard InChI is InChI=1S/C13H16FN3O2S/c14-13-6-5-12(10-11(13)4-3-7-15)16-20(18,19)17-8-1-2-9-17/h5-6,10,16H,1-2,7-9,15H2. The molecule has 1 aliphatic heterocycles. The van der Waals surface area contributed by atoms with Crippen LogP contribution in [0, 0.1) is 17.7 Å². The highest BCUT2D eigenvalue weighted by Gasteiger charge is 2.25. The van der Waals surface area contributed by atoms with E-state index in [2.05, 4.69) is 16.6 Å². The highest BCUT2D eigenvalue weighted by atomic mass is 32.2. The van der Waals surface area contributed by atoms with Crippen molar-refractivity contribution in [2.75, 3.05) is 24.4 Å². The average molecular weight is 297 g/mol. The van der Waals surface area contributed by atoms with Crippen LogP contribution in [0.5, 0.6) is 0 Å². The second-order valence-corrected chi connectivity index (χ2v) is 6.08. The minimum atomic E-state index is -3.58. The molecule has 2 rings (SSSR count). The van der Waals surface area contributed by atoms with Crippen LogP contribution in [0.4, 0.5) is 10.1 Å². The van der Waals surface area contributed by atoms with Crippen LogP contribution in [0.25, 0.3) is 0 Å². The van der Waals surface area contributed by atoms with Gasteiger partial charge in [-0.2, -0.15) is 12.7 Å². The van der Waals surface area contributed by atoms with Crippen LogP contribution in [-0.4, -0.2) is 32.4 Å². The zero-order chi connectivity index (χ0) is 14.6. The second kappa shape index (κ2) is 6.22. The summed E-state index contributed by atoms with van der Waals surface area (Å²) < 4.78 is 41.5. The van der Waals surface area contributed by atoms with E-state index in [1.54, 1.807) is 0 Å². The van der Waals surface area contributed by atoms with Gasteiger partial charge in [-0.1, -0.05) is 11.8 Å². The van der Waals surface area contributed by atoms with Gasteiger partial charge in [0, 0.05) is 13.1 Å². The SMILES string of the molecule is NCC#Cc1cc(NS(=O)(=O)N2CCCC2)ccc1F. The Balaban J connectivity index is 2.21. The van der Waals surface area contributed by atoms with Gasteiger partial charge in [0.2, 0.25) is 0 Å². The van der Waals surface area contributed by atoms with Crippen molar-refractivity contribution in [3.05, 3.63) is 29.6 Å². The number of rotatable bonds is 3. The first-order chi connectivity index (χ1) is 9.53. The van der Waals surface area contributed by atoms with Crippen molar-refractivity contribution in [1.82, 2.24) is 4.31 Å². The van der Waals surface area contributed by atoms with Gasteiger partial charge in [-0.15, -0.1) is 0 Å². The molecule has 0 radical (unpaired) electrons. The molecule has 108 valence electrons. The minimum Gasteiger partial charge on any atom is -0.320 e. The van der Waals surface area contributed by atoms with Crippen LogP contribution in [0.2, 0.25) is 0 Å². The van der Waals surface area contributed by atoms with E-state index in [1.165, 1.54) is 22.5 Å². The molecule has 0 atom stereocenters.